The lowest BCUT2D eigenvalue weighted by Crippen LogP contribution is -2.07. The molecule has 0 spiro atoms. The molecule has 0 N–H and O–H groups in total. The third-order valence-corrected chi connectivity index (χ3v) is 2.63. The molecule has 0 unspecified atom stereocenters. The highest BCUT2D eigenvalue weighted by Gasteiger charge is 2.05. The van der Waals surface area contributed by atoms with Gasteiger partial charge < -0.3 is 0 Å². The number of benzene rings is 1. The van der Waals surface area contributed by atoms with E-state index in [1.165, 1.54) is 5.56 Å². The minimum atomic E-state index is 0.722. The third-order valence-electron chi connectivity index (χ3n) is 2.63. The second-order valence-electron chi connectivity index (χ2n) is 3.95. The van der Waals surface area contributed by atoms with Gasteiger partial charge in [0, 0.05) is 6.42 Å². The van der Waals surface area contributed by atoms with Crippen molar-refractivity contribution in [3.63, 3.8) is 0 Å². The number of nitrogens with zero attached hydrogens (tertiary/aromatic N) is 4. The van der Waals surface area contributed by atoms with E-state index in [1.54, 1.807) is 0 Å². The molecule has 0 radical (unpaired) electrons. The number of rotatable bonds is 5. The van der Waals surface area contributed by atoms with Gasteiger partial charge >= 0.3 is 0 Å². The van der Waals surface area contributed by atoms with Gasteiger partial charge in [-0.15, -0.1) is 5.10 Å². The van der Waals surface area contributed by atoms with E-state index in [2.05, 4.69) is 41.2 Å². The van der Waals surface area contributed by atoms with Crippen LogP contribution in [-0.2, 0) is 13.0 Å². The Hall–Kier alpha value is -1.97. The fourth-order valence-corrected chi connectivity index (χ4v) is 1.68. The number of hydrogen-bond donors (Lipinski definition) is 0. The van der Waals surface area contributed by atoms with E-state index >= 15 is 0 Å². The monoisotopic (exact) mass is 228 g/mol. The van der Waals surface area contributed by atoms with Gasteiger partial charge in [-0.1, -0.05) is 43.8 Å². The molecule has 0 aliphatic rings. The Morgan fingerprint density at radius 3 is 2.71 bits per heavy atom. The average molecular weight is 228 g/mol. The second-order valence-corrected chi connectivity index (χ2v) is 3.95. The van der Waals surface area contributed by atoms with Crippen LogP contribution in [-0.4, -0.2) is 20.2 Å². The van der Waals surface area contributed by atoms with Crippen molar-refractivity contribution < 1.29 is 0 Å². The molecule has 0 atom stereocenters. The Labute approximate surface area is 101 Å². The maximum Gasteiger partial charge on any atom is 0.151 e. The lowest BCUT2D eigenvalue weighted by molar-refractivity contribution is 0.613. The molecule has 17 heavy (non-hydrogen) atoms. The van der Waals surface area contributed by atoms with Crippen molar-refractivity contribution in [3.05, 3.63) is 47.8 Å². The maximum atomic E-state index is 4.02. The summed E-state index contributed by atoms with van der Waals surface area (Å²) in [6.45, 7) is 6.58. The topological polar surface area (TPSA) is 43.6 Å². The van der Waals surface area contributed by atoms with E-state index in [9.17, 15) is 0 Å². The van der Waals surface area contributed by atoms with Gasteiger partial charge in [0.05, 0.1) is 6.54 Å². The van der Waals surface area contributed by atoms with Crippen LogP contribution in [0.3, 0.4) is 0 Å². The van der Waals surface area contributed by atoms with Crippen molar-refractivity contribution >= 4 is 6.08 Å². The Kier molecular flexibility index (Phi) is 3.65. The van der Waals surface area contributed by atoms with E-state index in [0.29, 0.717) is 0 Å². The summed E-state index contributed by atoms with van der Waals surface area (Å²) >= 11 is 0. The quantitative estimate of drug-likeness (QED) is 0.788. The van der Waals surface area contributed by atoms with E-state index < -0.39 is 0 Å². The molecule has 0 saturated heterocycles. The van der Waals surface area contributed by atoms with Crippen LogP contribution in [0.25, 0.3) is 6.08 Å². The highest BCUT2D eigenvalue weighted by Crippen LogP contribution is 2.08. The molecule has 0 aliphatic carbocycles. The van der Waals surface area contributed by atoms with Gasteiger partial charge in [0.1, 0.15) is 0 Å². The molecule has 88 valence electrons. The van der Waals surface area contributed by atoms with E-state index in [1.807, 2.05) is 22.9 Å². The van der Waals surface area contributed by atoms with Crippen molar-refractivity contribution in [2.45, 2.75) is 26.3 Å². The molecule has 0 amide bonds. The molecule has 1 aromatic carbocycles. The molecular weight excluding hydrogens is 212 g/mol. The molecule has 4 heteroatoms. The lowest BCUT2D eigenvalue weighted by Gasteiger charge is -2.04. The fraction of sp³-hybridized carbons (Fsp3) is 0.308. The van der Waals surface area contributed by atoms with Crippen molar-refractivity contribution in [2.24, 2.45) is 0 Å². The first-order chi connectivity index (χ1) is 8.33. The zero-order chi connectivity index (χ0) is 12.1. The van der Waals surface area contributed by atoms with Gasteiger partial charge in [-0.25, -0.2) is 4.68 Å². The summed E-state index contributed by atoms with van der Waals surface area (Å²) in [5.74, 6) is 0.945. The standard InChI is InChI=1S/C13H16N4/c1-3-5-13-14-15-16-17(13)10-12-8-6-11(4-2)7-9-12/h4,6-9H,2-3,5,10H2,1H3. The van der Waals surface area contributed by atoms with Crippen LogP contribution in [0.4, 0.5) is 0 Å². The smallest absolute Gasteiger partial charge is 0.151 e. The Morgan fingerprint density at radius 1 is 1.29 bits per heavy atom. The molecule has 0 saturated carbocycles. The van der Waals surface area contributed by atoms with Crippen LogP contribution in [0.2, 0.25) is 0 Å². The molecule has 1 heterocycles. The first-order valence-electron chi connectivity index (χ1n) is 5.80. The summed E-state index contributed by atoms with van der Waals surface area (Å²) in [6, 6.07) is 8.25. The van der Waals surface area contributed by atoms with Crippen molar-refractivity contribution in [3.8, 4) is 0 Å². The van der Waals surface area contributed by atoms with Gasteiger partial charge in [-0.2, -0.15) is 0 Å². The maximum absolute atomic E-state index is 4.02. The number of hydrogen-bond acceptors (Lipinski definition) is 3. The van der Waals surface area contributed by atoms with Gasteiger partial charge in [0.2, 0.25) is 0 Å². The predicted molar refractivity (Wildman–Crippen MR) is 67.4 cm³/mol. The summed E-state index contributed by atoms with van der Waals surface area (Å²) in [4.78, 5) is 0. The summed E-state index contributed by atoms with van der Waals surface area (Å²) < 4.78 is 1.85. The number of aromatic nitrogens is 4. The molecular formula is C13H16N4. The van der Waals surface area contributed by atoms with E-state index in [4.69, 9.17) is 0 Å². The highest BCUT2D eigenvalue weighted by atomic mass is 15.5. The van der Waals surface area contributed by atoms with Crippen LogP contribution >= 0.6 is 0 Å². The first-order valence-corrected chi connectivity index (χ1v) is 5.80. The molecule has 4 nitrogen and oxygen atoms in total. The van der Waals surface area contributed by atoms with E-state index in [0.717, 1.165) is 30.8 Å². The summed E-state index contributed by atoms with van der Waals surface area (Å²) in [7, 11) is 0. The molecule has 0 fully saturated rings. The Bertz CT molecular complexity index is 484. The van der Waals surface area contributed by atoms with Crippen LogP contribution in [0.15, 0.2) is 30.8 Å². The third kappa shape index (κ3) is 2.78. The fourth-order valence-electron chi connectivity index (χ4n) is 1.68. The van der Waals surface area contributed by atoms with Crippen molar-refractivity contribution in [1.82, 2.24) is 20.2 Å². The van der Waals surface area contributed by atoms with Gasteiger partial charge in [-0.3, -0.25) is 0 Å². The minimum absolute atomic E-state index is 0.722. The average Bonchev–Trinajstić information content (AvgIpc) is 2.78. The molecule has 0 bridgehead atoms. The highest BCUT2D eigenvalue weighted by molar-refractivity contribution is 5.47. The lowest BCUT2D eigenvalue weighted by atomic mass is 10.1. The number of tetrazole rings is 1. The van der Waals surface area contributed by atoms with Gasteiger partial charge in [0.25, 0.3) is 0 Å². The largest absolute Gasteiger partial charge is 0.225 e. The Morgan fingerprint density at radius 2 is 2.06 bits per heavy atom. The predicted octanol–water partition coefficient (Wildman–Crippen LogP) is 2.32. The SMILES string of the molecule is C=Cc1ccc(Cn2nnnc2CCC)cc1. The minimum Gasteiger partial charge on any atom is -0.225 e. The zero-order valence-corrected chi connectivity index (χ0v) is 10.0. The Balaban J connectivity index is 2.13. The molecule has 2 aromatic rings. The second kappa shape index (κ2) is 5.39. The van der Waals surface area contributed by atoms with Crippen LogP contribution in [0, 0.1) is 0 Å². The summed E-state index contributed by atoms with van der Waals surface area (Å²) in [6.07, 6.45) is 3.80. The van der Waals surface area contributed by atoms with Crippen molar-refractivity contribution in [2.75, 3.05) is 0 Å². The first kappa shape index (κ1) is 11.5. The molecule has 2 rings (SSSR count). The van der Waals surface area contributed by atoms with Gasteiger partial charge in [-0.05, 0) is 28.0 Å². The summed E-state index contributed by atoms with van der Waals surface area (Å²) in [5, 5.41) is 11.7. The van der Waals surface area contributed by atoms with Crippen LogP contribution in [0.1, 0.15) is 30.3 Å². The summed E-state index contributed by atoms with van der Waals surface area (Å²) in [5.41, 5.74) is 2.32. The normalized spacial score (nSPS) is 10.4. The zero-order valence-electron chi connectivity index (χ0n) is 10.0. The van der Waals surface area contributed by atoms with Gasteiger partial charge in [0.15, 0.2) is 5.82 Å². The van der Waals surface area contributed by atoms with Crippen molar-refractivity contribution in [1.29, 1.82) is 0 Å². The van der Waals surface area contributed by atoms with Crippen LogP contribution < -0.4 is 0 Å². The molecule has 1 aromatic heterocycles. The van der Waals surface area contributed by atoms with E-state index in [-0.39, 0.29) is 0 Å². The molecule has 0 aliphatic heterocycles. The van der Waals surface area contributed by atoms with Crippen LogP contribution in [0.5, 0.6) is 0 Å². The number of aryl methyl sites for hydroxylation is 1.